The molecule has 0 aliphatic rings. The number of para-hydroxylation sites is 1. The van der Waals surface area contributed by atoms with E-state index in [1.54, 1.807) is 30.3 Å². The van der Waals surface area contributed by atoms with E-state index in [0.29, 0.717) is 16.1 Å². The molecule has 0 bridgehead atoms. The number of hydrogen-bond acceptors (Lipinski definition) is 4. The minimum Gasteiger partial charge on any atom is -0.457 e. The maximum Gasteiger partial charge on any atom is 0.312 e. The van der Waals surface area contributed by atoms with Gasteiger partial charge in [0.2, 0.25) is 5.78 Å². The number of Topliss-reactive ketones (excluding diaryl/α,β-unsaturated/α-hetero) is 1. The Hall–Kier alpha value is -3.58. The highest BCUT2D eigenvalue weighted by atomic mass is 35.5. The molecule has 8 heteroatoms. The van der Waals surface area contributed by atoms with Crippen LogP contribution in [0.25, 0.3) is 5.69 Å². The molecule has 0 spiro atoms. The van der Waals surface area contributed by atoms with Crippen LogP contribution in [-0.4, -0.2) is 29.0 Å². The third-order valence-corrected chi connectivity index (χ3v) is 5.32. The molecular weight excluding hydrogens is 430 g/mol. The van der Waals surface area contributed by atoms with Crippen LogP contribution < -0.4 is 11.1 Å². The fourth-order valence-electron chi connectivity index (χ4n) is 3.59. The first-order chi connectivity index (χ1) is 15.3. The second-order valence-corrected chi connectivity index (χ2v) is 7.79. The summed E-state index contributed by atoms with van der Waals surface area (Å²) in [6.45, 7) is 3.36. The van der Waals surface area contributed by atoms with Crippen molar-refractivity contribution in [3.63, 3.8) is 0 Å². The first-order valence-corrected chi connectivity index (χ1v) is 10.4. The number of esters is 1. The van der Waals surface area contributed by atoms with Crippen molar-refractivity contribution in [2.45, 2.75) is 26.3 Å². The van der Waals surface area contributed by atoms with E-state index in [1.807, 2.05) is 48.7 Å². The van der Waals surface area contributed by atoms with E-state index in [9.17, 15) is 14.4 Å². The molecule has 0 fully saturated rings. The molecule has 0 aliphatic heterocycles. The van der Waals surface area contributed by atoms with Crippen molar-refractivity contribution in [1.82, 2.24) is 9.88 Å². The van der Waals surface area contributed by atoms with E-state index >= 15 is 0 Å². The Labute approximate surface area is 191 Å². The van der Waals surface area contributed by atoms with Crippen molar-refractivity contribution in [2.24, 2.45) is 5.73 Å². The molecule has 3 N–H and O–H groups in total. The van der Waals surface area contributed by atoms with Crippen LogP contribution >= 0.6 is 11.6 Å². The third kappa shape index (κ3) is 5.56. The van der Waals surface area contributed by atoms with Crippen LogP contribution in [0.15, 0.2) is 60.7 Å². The van der Waals surface area contributed by atoms with E-state index in [2.05, 4.69) is 5.32 Å². The Morgan fingerprint density at radius 3 is 2.34 bits per heavy atom. The summed E-state index contributed by atoms with van der Waals surface area (Å²) < 4.78 is 7.18. The number of ether oxygens (including phenoxy) is 1. The van der Waals surface area contributed by atoms with Gasteiger partial charge in [-0.25, -0.2) is 4.79 Å². The van der Waals surface area contributed by atoms with Gasteiger partial charge in [-0.05, 0) is 49.7 Å². The van der Waals surface area contributed by atoms with E-state index in [4.69, 9.17) is 22.1 Å². The van der Waals surface area contributed by atoms with Gasteiger partial charge >= 0.3 is 12.0 Å². The molecule has 1 aromatic heterocycles. The van der Waals surface area contributed by atoms with Crippen LogP contribution in [0.3, 0.4) is 0 Å². The number of nitrogens with zero attached hydrogens (tertiary/aromatic N) is 1. The van der Waals surface area contributed by atoms with Gasteiger partial charge in [0, 0.05) is 27.7 Å². The number of ketones is 1. The molecule has 3 aromatic rings. The van der Waals surface area contributed by atoms with Crippen molar-refractivity contribution >= 4 is 29.4 Å². The maximum atomic E-state index is 12.7. The average molecular weight is 454 g/mol. The topological polar surface area (TPSA) is 103 Å². The van der Waals surface area contributed by atoms with Gasteiger partial charge in [-0.3, -0.25) is 9.59 Å². The van der Waals surface area contributed by atoms with Crippen LogP contribution in [0.4, 0.5) is 4.79 Å². The molecule has 1 heterocycles. The van der Waals surface area contributed by atoms with E-state index in [-0.39, 0.29) is 12.2 Å². The number of aryl methyl sites for hydroxylation is 1. The lowest BCUT2D eigenvalue weighted by Gasteiger charge is -2.17. The van der Waals surface area contributed by atoms with Gasteiger partial charge in [-0.1, -0.05) is 41.9 Å². The molecule has 0 aliphatic carbocycles. The summed E-state index contributed by atoms with van der Waals surface area (Å²) in [5.41, 5.74) is 8.98. The van der Waals surface area contributed by atoms with Crippen molar-refractivity contribution in [1.29, 1.82) is 0 Å². The van der Waals surface area contributed by atoms with Crippen molar-refractivity contribution in [2.75, 3.05) is 6.61 Å². The third-order valence-electron chi connectivity index (χ3n) is 5.07. The quantitative estimate of drug-likeness (QED) is 0.392. The van der Waals surface area contributed by atoms with Crippen LogP contribution in [0.1, 0.15) is 39.8 Å². The van der Waals surface area contributed by atoms with E-state index < -0.39 is 24.6 Å². The van der Waals surface area contributed by atoms with Crippen LogP contribution in [0.2, 0.25) is 5.02 Å². The highest BCUT2D eigenvalue weighted by Crippen LogP contribution is 2.22. The second kappa shape index (κ2) is 10.2. The second-order valence-electron chi connectivity index (χ2n) is 7.36. The number of aromatic nitrogens is 1. The number of urea groups is 1. The molecule has 7 nitrogen and oxygen atoms in total. The molecule has 0 saturated carbocycles. The first kappa shape index (κ1) is 23.1. The molecule has 32 heavy (non-hydrogen) atoms. The number of nitrogens with one attached hydrogen (secondary N) is 1. The summed E-state index contributed by atoms with van der Waals surface area (Å²) in [7, 11) is 0. The standard InChI is InChI=1S/C24H24ClN3O4/c1-15-12-20(16(2)28(15)19-6-4-3-5-7-19)22(29)14-32-23(30)13-21(27-24(26)31)17-8-10-18(25)11-9-17/h3-12,21H,13-14H2,1-2H3,(H3,26,27,31). The summed E-state index contributed by atoms with van der Waals surface area (Å²) in [5.74, 6) is -0.941. The predicted octanol–water partition coefficient (Wildman–Crippen LogP) is 4.27. The maximum absolute atomic E-state index is 12.7. The monoisotopic (exact) mass is 453 g/mol. The van der Waals surface area contributed by atoms with Gasteiger partial charge in [-0.15, -0.1) is 0 Å². The normalized spacial score (nSPS) is 11.6. The summed E-state index contributed by atoms with van der Waals surface area (Å²) in [5, 5.41) is 3.03. The van der Waals surface area contributed by atoms with E-state index in [1.165, 1.54) is 0 Å². The summed E-state index contributed by atoms with van der Waals surface area (Å²) in [6.07, 6.45) is -0.180. The summed E-state index contributed by atoms with van der Waals surface area (Å²) >= 11 is 5.89. The van der Waals surface area contributed by atoms with Gasteiger partial charge < -0.3 is 20.4 Å². The van der Waals surface area contributed by atoms with Crippen molar-refractivity contribution in [3.8, 4) is 5.69 Å². The lowest BCUT2D eigenvalue weighted by molar-refractivity contribution is -0.143. The zero-order chi connectivity index (χ0) is 23.3. The lowest BCUT2D eigenvalue weighted by Crippen LogP contribution is -2.34. The molecule has 0 saturated heterocycles. The van der Waals surface area contributed by atoms with Crippen LogP contribution in [0, 0.1) is 13.8 Å². The molecule has 2 aromatic carbocycles. The average Bonchev–Trinajstić information content (AvgIpc) is 3.06. The minimum absolute atomic E-state index is 0.180. The van der Waals surface area contributed by atoms with Crippen LogP contribution in [-0.2, 0) is 9.53 Å². The Morgan fingerprint density at radius 1 is 1.06 bits per heavy atom. The number of amides is 2. The van der Waals surface area contributed by atoms with Crippen molar-refractivity contribution < 1.29 is 19.1 Å². The molecule has 3 rings (SSSR count). The van der Waals surface area contributed by atoms with E-state index in [0.717, 1.165) is 17.1 Å². The molecular formula is C24H24ClN3O4. The SMILES string of the molecule is Cc1cc(C(=O)COC(=O)CC(NC(N)=O)c2ccc(Cl)cc2)c(C)n1-c1ccccc1. The Bertz CT molecular complexity index is 1120. The summed E-state index contributed by atoms with van der Waals surface area (Å²) in [6, 6.07) is 16.6. The number of benzene rings is 2. The Morgan fingerprint density at radius 2 is 1.72 bits per heavy atom. The van der Waals surface area contributed by atoms with Gasteiger partial charge in [0.05, 0.1) is 12.5 Å². The van der Waals surface area contributed by atoms with Crippen molar-refractivity contribution in [3.05, 3.63) is 88.2 Å². The number of carbonyl (C=O) groups excluding carboxylic acids is 3. The zero-order valence-electron chi connectivity index (χ0n) is 17.8. The highest BCUT2D eigenvalue weighted by molar-refractivity contribution is 6.30. The minimum atomic E-state index is -0.776. The number of halogens is 1. The molecule has 1 unspecified atom stereocenters. The van der Waals surface area contributed by atoms with Gasteiger partial charge in [-0.2, -0.15) is 0 Å². The predicted molar refractivity (Wildman–Crippen MR) is 122 cm³/mol. The fourth-order valence-corrected chi connectivity index (χ4v) is 3.71. The van der Waals surface area contributed by atoms with Crippen LogP contribution in [0.5, 0.6) is 0 Å². The number of carbonyl (C=O) groups is 3. The van der Waals surface area contributed by atoms with Gasteiger partial charge in [0.15, 0.2) is 6.61 Å². The first-order valence-electron chi connectivity index (χ1n) is 10.0. The highest BCUT2D eigenvalue weighted by Gasteiger charge is 2.21. The molecule has 166 valence electrons. The smallest absolute Gasteiger partial charge is 0.312 e. The van der Waals surface area contributed by atoms with Gasteiger partial charge in [0.25, 0.3) is 0 Å². The van der Waals surface area contributed by atoms with Gasteiger partial charge in [0.1, 0.15) is 0 Å². The Kier molecular flexibility index (Phi) is 7.33. The lowest BCUT2D eigenvalue weighted by atomic mass is 10.0. The largest absolute Gasteiger partial charge is 0.457 e. The fraction of sp³-hybridized carbons (Fsp3) is 0.208. The number of primary amides is 1. The number of rotatable bonds is 8. The number of hydrogen-bond donors (Lipinski definition) is 2. The Balaban J connectivity index is 1.67. The summed E-state index contributed by atoms with van der Waals surface area (Å²) in [4.78, 5) is 36.5. The molecule has 2 amide bonds. The zero-order valence-corrected chi connectivity index (χ0v) is 18.6. The number of nitrogens with two attached hydrogens (primary N) is 1. The molecule has 1 atom stereocenters. The molecule has 0 radical (unpaired) electrons.